The molecule has 0 aromatic heterocycles. The number of methoxy groups -OCH3 is 2. The summed E-state index contributed by atoms with van der Waals surface area (Å²) in [6.45, 7) is 3.98. The van der Waals surface area contributed by atoms with Gasteiger partial charge in [0.2, 0.25) is 5.91 Å². The average Bonchev–Trinajstić information content (AvgIpc) is 3.23. The molecule has 2 unspecified atom stereocenters. The average molecular weight is 804 g/mol. The maximum Gasteiger partial charge on any atom is 0.318 e. The van der Waals surface area contributed by atoms with Gasteiger partial charge in [0.05, 0.1) is 31.8 Å². The SMILES string of the molecule is COc1cc(C=Cc2ccc(OC(=O)C(C)c3ccc4cc(OC)ccc4c3)cc2)cc(OCCOc2ccc3cc(C(C)C(=O)NCCS(=O)(=O)O)ccc3c2)c1. The zero-order valence-corrected chi connectivity index (χ0v) is 33.5. The fourth-order valence-corrected chi connectivity index (χ4v) is 6.60. The van der Waals surface area contributed by atoms with Gasteiger partial charge in [-0.2, -0.15) is 8.42 Å². The Hall–Kier alpha value is -6.37. The van der Waals surface area contributed by atoms with Crippen molar-refractivity contribution in [2.75, 3.05) is 39.7 Å². The van der Waals surface area contributed by atoms with Crippen LogP contribution in [0.3, 0.4) is 0 Å². The molecular formula is C46H45NO10S. The predicted octanol–water partition coefficient (Wildman–Crippen LogP) is 8.46. The van der Waals surface area contributed by atoms with E-state index in [0.29, 0.717) is 29.6 Å². The van der Waals surface area contributed by atoms with Crippen molar-refractivity contribution >= 4 is 55.7 Å². The summed E-state index contributed by atoms with van der Waals surface area (Å²) in [5.74, 6) is 0.982. The molecular weight excluding hydrogens is 759 g/mol. The first kappa shape index (κ1) is 41.3. The fraction of sp³-hybridized carbons (Fsp3) is 0.217. The van der Waals surface area contributed by atoms with Crippen LogP contribution in [0, 0.1) is 0 Å². The number of benzene rings is 6. The van der Waals surface area contributed by atoms with Crippen LogP contribution in [0.25, 0.3) is 33.7 Å². The Bertz CT molecular complexity index is 2550. The van der Waals surface area contributed by atoms with Gasteiger partial charge in [0.1, 0.15) is 42.0 Å². The molecule has 2 atom stereocenters. The summed E-state index contributed by atoms with van der Waals surface area (Å²) in [6, 6.07) is 36.0. The molecule has 0 aliphatic carbocycles. The Morgan fingerprint density at radius 2 is 1.12 bits per heavy atom. The molecule has 6 rings (SSSR count). The first-order valence-corrected chi connectivity index (χ1v) is 20.3. The quantitative estimate of drug-likeness (QED) is 0.0303. The van der Waals surface area contributed by atoms with Crippen molar-refractivity contribution in [3.8, 4) is 28.7 Å². The van der Waals surface area contributed by atoms with Crippen LogP contribution in [0.5, 0.6) is 28.7 Å². The highest BCUT2D eigenvalue weighted by Crippen LogP contribution is 2.29. The van der Waals surface area contributed by atoms with Crippen LogP contribution in [0.15, 0.2) is 115 Å². The van der Waals surface area contributed by atoms with Crippen LogP contribution < -0.4 is 29.0 Å². The van der Waals surface area contributed by atoms with Crippen LogP contribution in [0.2, 0.25) is 0 Å². The standard InChI is InChI=1S/C46H45NO10S/c1-30(45(48)47-19-22-58(50,51)52)34-9-11-39-28-42(18-14-37(39)25-34)55-20-21-56-44-24-33(23-43(29-44)54-4)6-5-32-7-15-40(16-8-32)57-46(49)31(2)35-10-12-38-27-41(53-3)17-13-36(38)26-35/h5-18,23-31H,19-22H2,1-4H3,(H,47,48)(H,50,51,52). The molecule has 0 bridgehead atoms. The molecule has 1 amide bonds. The molecule has 0 fully saturated rings. The van der Waals surface area contributed by atoms with Gasteiger partial charge < -0.3 is 29.0 Å². The molecule has 0 aliphatic rings. The molecule has 11 nitrogen and oxygen atoms in total. The van der Waals surface area contributed by atoms with Crippen LogP contribution >= 0.6 is 0 Å². The van der Waals surface area contributed by atoms with Gasteiger partial charge >= 0.3 is 5.97 Å². The van der Waals surface area contributed by atoms with Gasteiger partial charge in [-0.25, -0.2) is 0 Å². The van der Waals surface area contributed by atoms with E-state index in [9.17, 15) is 18.0 Å². The van der Waals surface area contributed by atoms with Crippen LogP contribution in [-0.2, 0) is 19.7 Å². The van der Waals surface area contributed by atoms with Gasteiger partial charge in [0.15, 0.2) is 0 Å². The lowest BCUT2D eigenvalue weighted by molar-refractivity contribution is -0.135. The molecule has 0 saturated carbocycles. The number of carbonyl (C=O) groups excluding carboxylic acids is 2. The summed E-state index contributed by atoms with van der Waals surface area (Å²) in [5.41, 5.74) is 3.42. The van der Waals surface area contributed by atoms with Gasteiger partial charge in [-0.15, -0.1) is 0 Å². The van der Waals surface area contributed by atoms with Gasteiger partial charge in [-0.05, 0) is 106 Å². The summed E-state index contributed by atoms with van der Waals surface area (Å²) in [4.78, 5) is 25.5. The molecule has 300 valence electrons. The molecule has 6 aromatic carbocycles. The number of carbonyl (C=O) groups is 2. The first-order valence-electron chi connectivity index (χ1n) is 18.7. The maximum atomic E-state index is 13.0. The minimum atomic E-state index is -4.15. The molecule has 6 aromatic rings. The molecule has 58 heavy (non-hydrogen) atoms. The number of nitrogens with one attached hydrogen (secondary N) is 1. The lowest BCUT2D eigenvalue weighted by Gasteiger charge is -2.14. The van der Waals surface area contributed by atoms with E-state index in [1.165, 1.54) is 0 Å². The third-order valence-electron chi connectivity index (χ3n) is 9.64. The number of rotatable bonds is 17. The van der Waals surface area contributed by atoms with Crippen molar-refractivity contribution in [2.45, 2.75) is 25.7 Å². The smallest absolute Gasteiger partial charge is 0.318 e. The minimum Gasteiger partial charge on any atom is -0.497 e. The first-order chi connectivity index (χ1) is 27.9. The van der Waals surface area contributed by atoms with Crippen molar-refractivity contribution in [1.82, 2.24) is 5.32 Å². The fourth-order valence-electron chi connectivity index (χ4n) is 6.24. The molecule has 12 heteroatoms. The van der Waals surface area contributed by atoms with E-state index in [-0.39, 0.29) is 25.0 Å². The van der Waals surface area contributed by atoms with Gasteiger partial charge in [-0.1, -0.05) is 72.8 Å². The Morgan fingerprint density at radius 1 is 0.603 bits per heavy atom. The number of amides is 1. The largest absolute Gasteiger partial charge is 0.497 e. The third kappa shape index (κ3) is 11.1. The lowest BCUT2D eigenvalue weighted by Crippen LogP contribution is -2.32. The summed E-state index contributed by atoms with van der Waals surface area (Å²) >= 11 is 0. The van der Waals surface area contributed by atoms with Crippen molar-refractivity contribution in [1.29, 1.82) is 0 Å². The number of fused-ring (bicyclic) bond motifs is 2. The third-order valence-corrected chi connectivity index (χ3v) is 10.4. The monoisotopic (exact) mass is 803 g/mol. The molecule has 0 spiro atoms. The van der Waals surface area contributed by atoms with Gasteiger partial charge in [0.25, 0.3) is 10.1 Å². The number of hydrogen-bond acceptors (Lipinski definition) is 9. The van der Waals surface area contributed by atoms with E-state index in [1.54, 1.807) is 39.3 Å². The van der Waals surface area contributed by atoms with E-state index >= 15 is 0 Å². The molecule has 0 saturated heterocycles. The normalized spacial score (nSPS) is 12.6. The Labute approximate surface area is 337 Å². The van der Waals surface area contributed by atoms with Crippen LogP contribution in [-0.4, -0.2) is 64.6 Å². The van der Waals surface area contributed by atoms with Crippen molar-refractivity contribution < 1.29 is 46.2 Å². The lowest BCUT2D eigenvalue weighted by atomic mass is 9.97. The highest BCUT2D eigenvalue weighted by Gasteiger charge is 2.19. The summed E-state index contributed by atoms with van der Waals surface area (Å²) in [6.07, 6.45) is 3.90. The molecule has 0 radical (unpaired) electrons. The van der Waals surface area contributed by atoms with E-state index in [2.05, 4.69) is 5.32 Å². The van der Waals surface area contributed by atoms with Crippen molar-refractivity contribution in [3.05, 3.63) is 138 Å². The van der Waals surface area contributed by atoms with E-state index in [4.69, 9.17) is 28.2 Å². The maximum absolute atomic E-state index is 13.0. The summed E-state index contributed by atoms with van der Waals surface area (Å²) in [7, 11) is -0.917. The zero-order valence-electron chi connectivity index (χ0n) is 32.6. The van der Waals surface area contributed by atoms with E-state index in [0.717, 1.165) is 49.5 Å². The molecule has 0 heterocycles. The Balaban J connectivity index is 0.992. The van der Waals surface area contributed by atoms with Crippen molar-refractivity contribution in [3.63, 3.8) is 0 Å². The van der Waals surface area contributed by atoms with E-state index < -0.39 is 27.7 Å². The highest BCUT2D eigenvalue weighted by molar-refractivity contribution is 7.85. The van der Waals surface area contributed by atoms with Crippen molar-refractivity contribution in [2.24, 2.45) is 0 Å². The number of hydrogen-bond donors (Lipinski definition) is 2. The van der Waals surface area contributed by atoms with Gasteiger partial charge in [-0.3, -0.25) is 14.1 Å². The summed E-state index contributed by atoms with van der Waals surface area (Å²) < 4.78 is 59.3. The van der Waals surface area contributed by atoms with E-state index in [1.807, 2.05) is 116 Å². The molecule has 0 aliphatic heterocycles. The number of ether oxygens (including phenoxy) is 5. The zero-order chi connectivity index (χ0) is 41.2. The Kier molecular flexibility index (Phi) is 13.3. The predicted molar refractivity (Wildman–Crippen MR) is 226 cm³/mol. The second-order valence-electron chi connectivity index (χ2n) is 13.7. The van der Waals surface area contributed by atoms with Gasteiger partial charge in [0, 0.05) is 12.6 Å². The second kappa shape index (κ2) is 18.7. The minimum absolute atomic E-state index is 0.167. The molecule has 2 N–H and O–H groups in total. The summed E-state index contributed by atoms with van der Waals surface area (Å²) in [5, 5.41) is 6.44. The van der Waals surface area contributed by atoms with Crippen LogP contribution in [0.1, 0.15) is 47.9 Å². The highest BCUT2D eigenvalue weighted by atomic mass is 32.2. The Morgan fingerprint density at radius 3 is 1.76 bits per heavy atom. The van der Waals surface area contributed by atoms with Crippen LogP contribution in [0.4, 0.5) is 0 Å². The number of esters is 1. The second-order valence-corrected chi connectivity index (χ2v) is 15.3. The topological polar surface area (TPSA) is 147 Å².